The normalized spacial score (nSPS) is 26.1. The van der Waals surface area contributed by atoms with Crippen LogP contribution in [-0.2, 0) is 0 Å². The summed E-state index contributed by atoms with van der Waals surface area (Å²) in [4.78, 5) is 0. The molecule has 9 heteroatoms. The molecule has 0 nitrogen and oxygen atoms in total. The van der Waals surface area contributed by atoms with Gasteiger partial charge in [-0.1, -0.05) is 13.3 Å². The van der Waals surface area contributed by atoms with Gasteiger partial charge in [-0.2, -0.15) is 39.5 Å². The number of hydrogen-bond acceptors (Lipinski definition) is 0. The molecule has 1 fully saturated rings. The summed E-state index contributed by atoms with van der Waals surface area (Å²) in [5, 5.41) is 0. The fourth-order valence-electron chi connectivity index (χ4n) is 2.06. The molecule has 20 heavy (non-hydrogen) atoms. The molecule has 2 radical (unpaired) electrons. The van der Waals surface area contributed by atoms with E-state index in [1.54, 1.807) is 0 Å². The molecule has 1 aliphatic rings. The zero-order valence-corrected chi connectivity index (χ0v) is 9.96. The van der Waals surface area contributed by atoms with Crippen LogP contribution in [0.5, 0.6) is 0 Å². The van der Waals surface area contributed by atoms with Crippen molar-refractivity contribution >= 4 is 0 Å². The summed E-state index contributed by atoms with van der Waals surface area (Å²) in [6.45, 7) is 3.35. The first-order chi connectivity index (χ1) is 8.79. The molecule has 0 N–H and O–H groups in total. The van der Waals surface area contributed by atoms with E-state index in [1.165, 1.54) is 0 Å². The van der Waals surface area contributed by atoms with Crippen molar-refractivity contribution in [3.8, 4) is 0 Å². The van der Waals surface area contributed by atoms with Crippen molar-refractivity contribution in [1.82, 2.24) is 0 Å². The highest BCUT2D eigenvalue weighted by Gasteiger charge is 2.82. The van der Waals surface area contributed by atoms with Crippen molar-refractivity contribution in [2.45, 2.75) is 43.2 Å². The third kappa shape index (κ3) is 2.47. The fourth-order valence-corrected chi connectivity index (χ4v) is 2.06. The Balaban J connectivity index is 3.07. The Labute approximate surface area is 109 Å². The standard InChI is InChI=1S/C11H11F9/c1-2-6-3-4-7(5-6)8(12,13)9(14,15)10(16,17)11(18,19)20/h4,6-7H,1-3,5H2. The maximum Gasteiger partial charge on any atom is 0.460 e. The van der Waals surface area contributed by atoms with Crippen LogP contribution in [0.15, 0.2) is 0 Å². The molecule has 0 aromatic rings. The van der Waals surface area contributed by atoms with Crippen LogP contribution in [0.2, 0.25) is 0 Å². The van der Waals surface area contributed by atoms with Crippen molar-refractivity contribution in [3.05, 3.63) is 13.3 Å². The van der Waals surface area contributed by atoms with Gasteiger partial charge in [0.25, 0.3) is 0 Å². The predicted molar refractivity (Wildman–Crippen MR) is 51.4 cm³/mol. The third-order valence-electron chi connectivity index (χ3n) is 3.38. The summed E-state index contributed by atoms with van der Waals surface area (Å²) in [6.07, 6.45) is -6.66. The van der Waals surface area contributed by atoms with Gasteiger partial charge in [0.05, 0.1) is 0 Å². The minimum atomic E-state index is -6.81. The van der Waals surface area contributed by atoms with E-state index in [1.807, 2.05) is 0 Å². The summed E-state index contributed by atoms with van der Waals surface area (Å²) in [5.74, 6) is -21.7. The highest BCUT2D eigenvalue weighted by atomic mass is 19.4. The third-order valence-corrected chi connectivity index (χ3v) is 3.38. The molecule has 0 aliphatic heterocycles. The van der Waals surface area contributed by atoms with E-state index < -0.39 is 42.2 Å². The molecule has 1 rings (SSSR count). The molecule has 0 spiro atoms. The van der Waals surface area contributed by atoms with Crippen molar-refractivity contribution in [3.63, 3.8) is 0 Å². The Hall–Kier alpha value is -0.630. The van der Waals surface area contributed by atoms with Gasteiger partial charge < -0.3 is 0 Å². The van der Waals surface area contributed by atoms with Crippen molar-refractivity contribution in [2.75, 3.05) is 0 Å². The van der Waals surface area contributed by atoms with E-state index in [9.17, 15) is 39.5 Å². The van der Waals surface area contributed by atoms with E-state index in [-0.39, 0.29) is 12.8 Å². The van der Waals surface area contributed by atoms with E-state index in [4.69, 9.17) is 0 Å². The number of halogens is 9. The average molecular weight is 314 g/mol. The number of alkyl halides is 9. The minimum Gasteiger partial charge on any atom is -0.199 e. The second-order valence-electron chi connectivity index (χ2n) is 4.74. The zero-order valence-electron chi connectivity index (χ0n) is 9.96. The maximum atomic E-state index is 13.5. The van der Waals surface area contributed by atoms with Crippen LogP contribution < -0.4 is 0 Å². The topological polar surface area (TPSA) is 0 Å². The molecule has 2 atom stereocenters. The molecule has 0 heterocycles. The van der Waals surface area contributed by atoms with Gasteiger partial charge >= 0.3 is 23.9 Å². The monoisotopic (exact) mass is 314 g/mol. The fraction of sp³-hybridized carbons (Fsp3) is 0.818. The van der Waals surface area contributed by atoms with E-state index in [0.717, 1.165) is 0 Å². The molecular formula is C11H11F9. The Bertz CT molecular complexity index is 344. The summed E-state index contributed by atoms with van der Waals surface area (Å²) in [5.41, 5.74) is 0. The molecule has 0 amide bonds. The van der Waals surface area contributed by atoms with Gasteiger partial charge in [-0.05, 0) is 25.2 Å². The molecule has 0 saturated heterocycles. The van der Waals surface area contributed by atoms with Crippen molar-refractivity contribution in [1.29, 1.82) is 0 Å². The quantitative estimate of drug-likeness (QED) is 0.647. The highest BCUT2D eigenvalue weighted by Crippen LogP contribution is 2.57. The van der Waals surface area contributed by atoms with Crippen LogP contribution >= 0.6 is 0 Å². The first-order valence-electron chi connectivity index (χ1n) is 5.61. The number of rotatable bonds is 4. The predicted octanol–water partition coefficient (Wildman–Crippen LogP) is 4.91. The first-order valence-corrected chi connectivity index (χ1v) is 5.61. The lowest BCUT2D eigenvalue weighted by molar-refractivity contribution is -0.401. The molecular weight excluding hydrogens is 303 g/mol. The molecule has 0 aromatic heterocycles. The van der Waals surface area contributed by atoms with E-state index >= 15 is 0 Å². The van der Waals surface area contributed by atoms with Crippen LogP contribution in [0.4, 0.5) is 39.5 Å². The van der Waals surface area contributed by atoms with Gasteiger partial charge in [0.2, 0.25) is 0 Å². The SMILES string of the molecule is [CH2]CC1C[CH]C(C(F)(F)C(F)(F)C(F)(F)C(F)(F)F)C1. The highest BCUT2D eigenvalue weighted by molar-refractivity contribution is 5.08. The van der Waals surface area contributed by atoms with Crippen LogP contribution in [-0.4, -0.2) is 23.9 Å². The first kappa shape index (κ1) is 17.4. The molecule has 118 valence electrons. The van der Waals surface area contributed by atoms with Gasteiger partial charge in [0.15, 0.2) is 0 Å². The summed E-state index contributed by atoms with van der Waals surface area (Å²) in [7, 11) is 0. The average Bonchev–Trinajstić information content (AvgIpc) is 2.75. The van der Waals surface area contributed by atoms with Gasteiger partial charge in [-0.15, -0.1) is 0 Å². The molecule has 0 bridgehead atoms. The molecule has 0 aromatic carbocycles. The summed E-state index contributed by atoms with van der Waals surface area (Å²) < 4.78 is 114. The Morgan fingerprint density at radius 1 is 0.900 bits per heavy atom. The maximum absolute atomic E-state index is 13.5. The van der Waals surface area contributed by atoms with Crippen LogP contribution in [0.25, 0.3) is 0 Å². The summed E-state index contributed by atoms with van der Waals surface area (Å²) >= 11 is 0. The van der Waals surface area contributed by atoms with Crippen LogP contribution in [0, 0.1) is 25.2 Å². The smallest absolute Gasteiger partial charge is 0.199 e. The molecule has 2 unspecified atom stereocenters. The van der Waals surface area contributed by atoms with Gasteiger partial charge in [0.1, 0.15) is 0 Å². The largest absolute Gasteiger partial charge is 0.460 e. The van der Waals surface area contributed by atoms with E-state index in [0.29, 0.717) is 6.42 Å². The lowest BCUT2D eigenvalue weighted by atomic mass is 9.89. The zero-order chi connectivity index (χ0) is 16.0. The Kier molecular flexibility index (Phi) is 4.34. The van der Waals surface area contributed by atoms with Gasteiger partial charge in [-0.3, -0.25) is 0 Å². The van der Waals surface area contributed by atoms with Crippen LogP contribution in [0.3, 0.4) is 0 Å². The Morgan fingerprint density at radius 3 is 1.75 bits per heavy atom. The Morgan fingerprint density at radius 2 is 1.40 bits per heavy atom. The van der Waals surface area contributed by atoms with Crippen molar-refractivity contribution in [2.24, 2.45) is 11.8 Å². The molecule has 1 aliphatic carbocycles. The summed E-state index contributed by atoms with van der Waals surface area (Å²) in [6, 6.07) is 0. The lowest BCUT2D eigenvalue weighted by Gasteiger charge is -2.36. The molecule has 1 saturated carbocycles. The minimum absolute atomic E-state index is 0.0720. The van der Waals surface area contributed by atoms with E-state index in [2.05, 4.69) is 6.92 Å². The van der Waals surface area contributed by atoms with Gasteiger partial charge in [0, 0.05) is 5.92 Å². The second kappa shape index (κ2) is 4.98. The lowest BCUT2D eigenvalue weighted by Crippen LogP contribution is -2.62. The van der Waals surface area contributed by atoms with Crippen molar-refractivity contribution < 1.29 is 39.5 Å². The number of hydrogen-bond donors (Lipinski definition) is 0. The van der Waals surface area contributed by atoms with Crippen LogP contribution in [0.1, 0.15) is 19.3 Å². The second-order valence-corrected chi connectivity index (χ2v) is 4.74. The van der Waals surface area contributed by atoms with Gasteiger partial charge in [-0.25, -0.2) is 0 Å².